The first-order chi connectivity index (χ1) is 14.6. The molecule has 1 amide bonds. The summed E-state index contributed by atoms with van der Waals surface area (Å²) in [4.78, 5) is 22.9. The molecular formula is C22H35ClN6O. The smallest absolute Gasteiger partial charge is 0.220 e. The van der Waals surface area contributed by atoms with Crippen molar-refractivity contribution in [1.29, 1.82) is 0 Å². The molecule has 0 bridgehead atoms. The molecule has 7 nitrogen and oxygen atoms in total. The fourth-order valence-corrected chi connectivity index (χ4v) is 4.47. The normalized spacial score (nSPS) is 19.2. The number of nitrogens with one attached hydrogen (secondary N) is 1. The molecule has 0 aromatic heterocycles. The molecule has 3 rings (SSSR count). The largest absolute Gasteiger partial charge is 0.369 e. The summed E-state index contributed by atoms with van der Waals surface area (Å²) in [5, 5.41) is 4.30. The van der Waals surface area contributed by atoms with E-state index in [2.05, 4.69) is 31.1 Å². The summed E-state index contributed by atoms with van der Waals surface area (Å²) in [7, 11) is 1.86. The lowest BCUT2D eigenvalue weighted by atomic mass is 9.96. The summed E-state index contributed by atoms with van der Waals surface area (Å²) in [6.07, 6.45) is 4.06. The van der Waals surface area contributed by atoms with Crippen LogP contribution in [0.3, 0.4) is 0 Å². The van der Waals surface area contributed by atoms with E-state index in [0.29, 0.717) is 0 Å². The monoisotopic (exact) mass is 434 g/mol. The third-order valence-corrected chi connectivity index (χ3v) is 6.37. The molecule has 2 fully saturated rings. The number of carbonyl (C=O) groups excluding carboxylic acids is 1. The lowest BCUT2D eigenvalue weighted by Crippen LogP contribution is -2.52. The summed E-state index contributed by atoms with van der Waals surface area (Å²) in [5.74, 6) is 0.923. The highest BCUT2D eigenvalue weighted by Gasteiger charge is 2.23. The quantitative estimate of drug-likeness (QED) is 0.390. The molecule has 1 aromatic rings. The summed E-state index contributed by atoms with van der Waals surface area (Å²) < 4.78 is 0. The van der Waals surface area contributed by atoms with E-state index in [4.69, 9.17) is 17.3 Å². The number of amides is 1. The standard InChI is InChI=1S/C22H35ClN6O/c1-25-22(26-9-2-3-10-27-11-7-18(8-12-27)21(24)30)29-15-13-28(14-16-29)20-6-4-5-19(23)17-20/h4-6,17-18H,2-3,7-16H2,1H3,(H2,24,30)(H,25,26). The van der Waals surface area contributed by atoms with Gasteiger partial charge in [0.2, 0.25) is 5.91 Å². The minimum Gasteiger partial charge on any atom is -0.369 e. The first-order valence-electron chi connectivity index (χ1n) is 11.0. The Kier molecular flexibility index (Phi) is 8.63. The fraction of sp³-hybridized carbons (Fsp3) is 0.636. The van der Waals surface area contributed by atoms with Crippen molar-refractivity contribution < 1.29 is 4.79 Å². The second-order valence-corrected chi connectivity index (χ2v) is 8.59. The van der Waals surface area contributed by atoms with Crippen molar-refractivity contribution in [1.82, 2.24) is 15.1 Å². The van der Waals surface area contributed by atoms with Crippen molar-refractivity contribution in [2.75, 3.05) is 64.3 Å². The number of hydrogen-bond donors (Lipinski definition) is 2. The number of guanidine groups is 1. The average molecular weight is 435 g/mol. The Labute approximate surface area is 185 Å². The maximum Gasteiger partial charge on any atom is 0.220 e. The van der Waals surface area contributed by atoms with Crippen LogP contribution in [0.25, 0.3) is 0 Å². The molecule has 2 saturated heterocycles. The molecule has 2 aliphatic rings. The van der Waals surface area contributed by atoms with Crippen LogP contribution >= 0.6 is 11.6 Å². The first-order valence-corrected chi connectivity index (χ1v) is 11.4. The molecule has 0 spiro atoms. The predicted octanol–water partition coefficient (Wildman–Crippen LogP) is 2.01. The Morgan fingerprint density at radius 1 is 1.17 bits per heavy atom. The topological polar surface area (TPSA) is 77.2 Å². The van der Waals surface area contributed by atoms with Gasteiger partial charge in [0.1, 0.15) is 0 Å². The van der Waals surface area contributed by atoms with Crippen molar-refractivity contribution in [3.05, 3.63) is 29.3 Å². The number of piperazine rings is 1. The molecule has 2 aliphatic heterocycles. The minimum absolute atomic E-state index is 0.0746. The molecule has 0 unspecified atom stereocenters. The zero-order chi connectivity index (χ0) is 21.3. The van der Waals surface area contributed by atoms with Crippen LogP contribution in [-0.4, -0.2) is 81.1 Å². The fourth-order valence-electron chi connectivity index (χ4n) is 4.28. The predicted molar refractivity (Wildman–Crippen MR) is 124 cm³/mol. The van der Waals surface area contributed by atoms with Crippen LogP contribution in [-0.2, 0) is 4.79 Å². The van der Waals surface area contributed by atoms with Gasteiger partial charge in [-0.15, -0.1) is 0 Å². The van der Waals surface area contributed by atoms with E-state index in [1.54, 1.807) is 0 Å². The van der Waals surface area contributed by atoms with Crippen molar-refractivity contribution in [2.45, 2.75) is 25.7 Å². The number of rotatable bonds is 7. The van der Waals surface area contributed by atoms with Crippen LogP contribution < -0.4 is 16.0 Å². The maximum absolute atomic E-state index is 11.3. The van der Waals surface area contributed by atoms with Gasteiger partial charge in [0.05, 0.1) is 0 Å². The molecule has 1 aromatic carbocycles. The number of hydrogen-bond acceptors (Lipinski definition) is 4. The second-order valence-electron chi connectivity index (χ2n) is 8.15. The van der Waals surface area contributed by atoms with Crippen LogP contribution in [0.2, 0.25) is 5.02 Å². The van der Waals surface area contributed by atoms with Gasteiger partial charge in [-0.3, -0.25) is 9.79 Å². The highest BCUT2D eigenvalue weighted by atomic mass is 35.5. The van der Waals surface area contributed by atoms with Gasteiger partial charge in [0.15, 0.2) is 5.96 Å². The van der Waals surface area contributed by atoms with Gasteiger partial charge < -0.3 is 25.8 Å². The van der Waals surface area contributed by atoms with Crippen molar-refractivity contribution >= 4 is 29.2 Å². The zero-order valence-electron chi connectivity index (χ0n) is 18.0. The highest BCUT2D eigenvalue weighted by Crippen LogP contribution is 2.21. The second kappa shape index (κ2) is 11.4. The lowest BCUT2D eigenvalue weighted by molar-refractivity contribution is -0.123. The van der Waals surface area contributed by atoms with Gasteiger partial charge in [-0.05, 0) is 63.5 Å². The van der Waals surface area contributed by atoms with Gasteiger partial charge in [-0.25, -0.2) is 0 Å². The van der Waals surface area contributed by atoms with E-state index in [9.17, 15) is 4.79 Å². The summed E-state index contributed by atoms with van der Waals surface area (Å²) in [6.45, 7) is 7.80. The van der Waals surface area contributed by atoms with Crippen LogP contribution in [0.4, 0.5) is 5.69 Å². The Bertz CT molecular complexity index is 711. The molecule has 0 saturated carbocycles. The molecule has 30 heavy (non-hydrogen) atoms. The molecule has 166 valence electrons. The molecule has 2 heterocycles. The number of nitrogens with zero attached hydrogens (tertiary/aromatic N) is 4. The summed E-state index contributed by atoms with van der Waals surface area (Å²) >= 11 is 6.13. The number of aliphatic imine (C=N–C) groups is 1. The number of anilines is 1. The van der Waals surface area contributed by atoms with Crippen molar-refractivity contribution in [3.63, 3.8) is 0 Å². The molecule has 8 heteroatoms. The van der Waals surface area contributed by atoms with E-state index in [-0.39, 0.29) is 11.8 Å². The first kappa shape index (κ1) is 22.7. The summed E-state index contributed by atoms with van der Waals surface area (Å²) in [5.41, 5.74) is 6.59. The third-order valence-electron chi connectivity index (χ3n) is 6.14. The van der Waals surface area contributed by atoms with E-state index >= 15 is 0 Å². The number of halogens is 1. The van der Waals surface area contributed by atoms with Gasteiger partial charge >= 0.3 is 0 Å². The number of piperidine rings is 1. The Hall–Kier alpha value is -1.99. The molecule has 3 N–H and O–H groups in total. The number of carbonyl (C=O) groups is 1. The van der Waals surface area contributed by atoms with Crippen LogP contribution in [0.1, 0.15) is 25.7 Å². The van der Waals surface area contributed by atoms with Crippen molar-refractivity contribution in [2.24, 2.45) is 16.6 Å². The van der Waals surface area contributed by atoms with Crippen LogP contribution in [0.5, 0.6) is 0 Å². The highest BCUT2D eigenvalue weighted by molar-refractivity contribution is 6.30. The molecule has 0 aliphatic carbocycles. The number of primary amides is 1. The minimum atomic E-state index is -0.140. The van der Waals surface area contributed by atoms with E-state index in [1.165, 1.54) is 5.69 Å². The van der Waals surface area contributed by atoms with E-state index < -0.39 is 0 Å². The van der Waals surface area contributed by atoms with Crippen LogP contribution in [0.15, 0.2) is 29.3 Å². The molecule has 0 radical (unpaired) electrons. The van der Waals surface area contributed by atoms with Gasteiger partial charge in [-0.1, -0.05) is 17.7 Å². The van der Waals surface area contributed by atoms with Gasteiger partial charge in [0, 0.05) is 56.4 Å². The van der Waals surface area contributed by atoms with Gasteiger partial charge in [-0.2, -0.15) is 0 Å². The molecular weight excluding hydrogens is 400 g/mol. The van der Waals surface area contributed by atoms with Gasteiger partial charge in [0.25, 0.3) is 0 Å². The Morgan fingerprint density at radius 2 is 1.90 bits per heavy atom. The number of unbranched alkanes of at least 4 members (excludes halogenated alkanes) is 1. The van der Waals surface area contributed by atoms with E-state index in [0.717, 1.165) is 89.0 Å². The summed E-state index contributed by atoms with van der Waals surface area (Å²) in [6, 6.07) is 8.06. The number of benzene rings is 1. The zero-order valence-corrected chi connectivity index (χ0v) is 18.8. The lowest BCUT2D eigenvalue weighted by Gasteiger charge is -2.37. The SMILES string of the molecule is CN=C(NCCCCN1CCC(C(N)=O)CC1)N1CCN(c2cccc(Cl)c2)CC1. The number of nitrogens with two attached hydrogens (primary N) is 1. The Morgan fingerprint density at radius 3 is 2.53 bits per heavy atom. The van der Waals surface area contributed by atoms with Crippen LogP contribution in [0, 0.1) is 5.92 Å². The van der Waals surface area contributed by atoms with E-state index in [1.807, 2.05) is 25.2 Å². The Balaban J connectivity index is 1.31. The average Bonchev–Trinajstić information content (AvgIpc) is 2.77. The van der Waals surface area contributed by atoms with Crippen molar-refractivity contribution in [3.8, 4) is 0 Å². The number of likely N-dealkylation sites (tertiary alicyclic amines) is 1. The molecule has 0 atom stereocenters. The maximum atomic E-state index is 11.3. The third kappa shape index (κ3) is 6.51.